The molecule has 1 aromatic carbocycles. The van der Waals surface area contributed by atoms with E-state index < -0.39 is 4.92 Å². The molecule has 1 aromatic rings. The highest BCUT2D eigenvalue weighted by Gasteiger charge is 2.07. The Kier molecular flexibility index (Phi) is 2.97. The van der Waals surface area contributed by atoms with Crippen molar-refractivity contribution in [2.45, 2.75) is 19.9 Å². The van der Waals surface area contributed by atoms with Crippen LogP contribution in [0.2, 0.25) is 0 Å². The fraction of sp³-hybridized carbons (Fsp3) is 0.333. The molecule has 0 aliphatic rings. The van der Waals surface area contributed by atoms with E-state index in [0.29, 0.717) is 6.54 Å². The Labute approximate surface area is 76.5 Å². The van der Waals surface area contributed by atoms with Crippen molar-refractivity contribution in [3.8, 4) is 0 Å². The fourth-order valence-electron chi connectivity index (χ4n) is 1.17. The minimum atomic E-state index is -0.391. The van der Waals surface area contributed by atoms with Crippen molar-refractivity contribution >= 4 is 5.69 Å². The van der Waals surface area contributed by atoms with E-state index >= 15 is 0 Å². The molecule has 0 aliphatic carbocycles. The topological polar surface area (TPSA) is 69.2 Å². The predicted molar refractivity (Wildman–Crippen MR) is 50.4 cm³/mol. The van der Waals surface area contributed by atoms with Crippen molar-refractivity contribution in [2.24, 2.45) is 5.73 Å². The van der Waals surface area contributed by atoms with Crippen molar-refractivity contribution < 1.29 is 4.92 Å². The van der Waals surface area contributed by atoms with Gasteiger partial charge in [0.25, 0.3) is 5.69 Å². The molecule has 0 bridgehead atoms. The van der Waals surface area contributed by atoms with Crippen LogP contribution in [0, 0.1) is 10.1 Å². The number of hydrogen-bond donors (Lipinski definition) is 1. The highest BCUT2D eigenvalue weighted by molar-refractivity contribution is 5.39. The summed E-state index contributed by atoms with van der Waals surface area (Å²) >= 11 is 0. The second-order valence-electron chi connectivity index (χ2n) is 2.82. The van der Waals surface area contributed by atoms with E-state index in [-0.39, 0.29) is 5.69 Å². The summed E-state index contributed by atoms with van der Waals surface area (Å²) in [4.78, 5) is 10.1. The van der Waals surface area contributed by atoms with Crippen molar-refractivity contribution in [3.05, 3.63) is 39.4 Å². The molecule has 4 nitrogen and oxygen atoms in total. The van der Waals surface area contributed by atoms with Gasteiger partial charge in [0.1, 0.15) is 0 Å². The molecule has 0 aliphatic heterocycles. The average Bonchev–Trinajstić information content (AvgIpc) is 2.16. The molecule has 0 unspecified atom stereocenters. The lowest BCUT2D eigenvalue weighted by atomic mass is 10.1. The second kappa shape index (κ2) is 4.00. The van der Waals surface area contributed by atoms with Gasteiger partial charge in [-0.05, 0) is 17.5 Å². The largest absolute Gasteiger partial charge is 0.326 e. The minimum Gasteiger partial charge on any atom is -0.326 e. The first-order valence-electron chi connectivity index (χ1n) is 4.14. The summed E-state index contributed by atoms with van der Waals surface area (Å²) in [5.41, 5.74) is 7.31. The Morgan fingerprint density at radius 2 is 2.00 bits per heavy atom. The molecule has 0 spiro atoms. The van der Waals surface area contributed by atoms with Gasteiger partial charge in [0.2, 0.25) is 0 Å². The molecule has 4 heteroatoms. The molecule has 0 heterocycles. The van der Waals surface area contributed by atoms with Crippen molar-refractivity contribution in [1.29, 1.82) is 0 Å². The highest BCUT2D eigenvalue weighted by Crippen LogP contribution is 2.17. The molecule has 0 atom stereocenters. The molecule has 0 radical (unpaired) electrons. The average molecular weight is 180 g/mol. The van der Waals surface area contributed by atoms with E-state index in [9.17, 15) is 10.1 Å². The van der Waals surface area contributed by atoms with Gasteiger partial charge < -0.3 is 5.73 Å². The molecule has 13 heavy (non-hydrogen) atoms. The maximum atomic E-state index is 10.5. The first-order chi connectivity index (χ1) is 6.17. The number of hydrogen-bond acceptors (Lipinski definition) is 3. The Balaban J connectivity index is 3.14. The maximum absolute atomic E-state index is 10.5. The van der Waals surface area contributed by atoms with E-state index in [2.05, 4.69) is 0 Å². The van der Waals surface area contributed by atoms with Gasteiger partial charge in [-0.15, -0.1) is 0 Å². The minimum absolute atomic E-state index is 0.125. The summed E-state index contributed by atoms with van der Waals surface area (Å²) in [6, 6.07) is 4.99. The van der Waals surface area contributed by atoms with E-state index in [1.54, 1.807) is 6.07 Å². The number of nitrogens with two attached hydrogens (primary N) is 1. The van der Waals surface area contributed by atoms with Crippen LogP contribution in [0.1, 0.15) is 18.1 Å². The normalized spacial score (nSPS) is 10.0. The number of rotatable bonds is 3. The number of non-ortho nitro benzene ring substituents is 1. The zero-order valence-corrected chi connectivity index (χ0v) is 7.49. The first kappa shape index (κ1) is 9.67. The lowest BCUT2D eigenvalue weighted by molar-refractivity contribution is -0.385. The third-order valence-corrected chi connectivity index (χ3v) is 1.89. The fourth-order valence-corrected chi connectivity index (χ4v) is 1.17. The second-order valence-corrected chi connectivity index (χ2v) is 2.82. The third kappa shape index (κ3) is 2.26. The third-order valence-electron chi connectivity index (χ3n) is 1.89. The van der Waals surface area contributed by atoms with E-state index in [1.807, 2.05) is 13.0 Å². The standard InChI is InChI=1S/C9H12N2O2/c1-2-7-3-8(6-10)5-9(4-7)11(12)13/h3-5H,2,6,10H2,1H3. The van der Waals surface area contributed by atoms with Crippen LogP contribution in [0.25, 0.3) is 0 Å². The molecule has 0 aromatic heterocycles. The van der Waals surface area contributed by atoms with Gasteiger partial charge in [-0.25, -0.2) is 0 Å². The van der Waals surface area contributed by atoms with Crippen molar-refractivity contribution in [3.63, 3.8) is 0 Å². The monoisotopic (exact) mass is 180 g/mol. The van der Waals surface area contributed by atoms with Crippen LogP contribution in [-0.4, -0.2) is 4.92 Å². The quantitative estimate of drug-likeness (QED) is 0.567. The molecule has 2 N–H and O–H groups in total. The van der Waals surface area contributed by atoms with Gasteiger partial charge in [0.15, 0.2) is 0 Å². The van der Waals surface area contributed by atoms with Crippen molar-refractivity contribution in [1.82, 2.24) is 0 Å². The summed E-state index contributed by atoms with van der Waals surface area (Å²) < 4.78 is 0. The number of benzene rings is 1. The zero-order valence-electron chi connectivity index (χ0n) is 7.49. The molecule has 0 saturated carbocycles. The number of nitro benzene ring substituents is 1. The summed E-state index contributed by atoms with van der Waals surface area (Å²) in [7, 11) is 0. The van der Waals surface area contributed by atoms with E-state index in [4.69, 9.17) is 5.73 Å². The maximum Gasteiger partial charge on any atom is 0.270 e. The molecule has 0 saturated heterocycles. The summed E-state index contributed by atoms with van der Waals surface area (Å²) in [6.45, 7) is 2.30. The summed E-state index contributed by atoms with van der Waals surface area (Å²) in [5.74, 6) is 0. The molecular weight excluding hydrogens is 168 g/mol. The predicted octanol–water partition coefficient (Wildman–Crippen LogP) is 1.62. The lowest BCUT2D eigenvalue weighted by Gasteiger charge is -2.01. The van der Waals surface area contributed by atoms with Crippen LogP contribution in [0.5, 0.6) is 0 Å². The lowest BCUT2D eigenvalue weighted by Crippen LogP contribution is -1.99. The van der Waals surface area contributed by atoms with Crippen LogP contribution in [0.15, 0.2) is 18.2 Å². The van der Waals surface area contributed by atoms with Crippen molar-refractivity contribution in [2.75, 3.05) is 0 Å². The van der Waals surface area contributed by atoms with Crippen LogP contribution in [0.4, 0.5) is 5.69 Å². The Morgan fingerprint density at radius 3 is 2.46 bits per heavy atom. The van der Waals surface area contributed by atoms with Gasteiger partial charge in [-0.3, -0.25) is 10.1 Å². The smallest absolute Gasteiger partial charge is 0.270 e. The molecule has 1 rings (SSSR count). The van der Waals surface area contributed by atoms with Crippen LogP contribution < -0.4 is 5.73 Å². The van der Waals surface area contributed by atoms with Gasteiger partial charge >= 0.3 is 0 Å². The van der Waals surface area contributed by atoms with Crippen LogP contribution in [0.3, 0.4) is 0 Å². The Hall–Kier alpha value is -1.42. The van der Waals surface area contributed by atoms with Gasteiger partial charge in [0, 0.05) is 18.7 Å². The summed E-state index contributed by atoms with van der Waals surface area (Å²) in [5, 5.41) is 10.5. The van der Waals surface area contributed by atoms with Gasteiger partial charge in [-0.2, -0.15) is 0 Å². The highest BCUT2D eigenvalue weighted by atomic mass is 16.6. The number of aryl methyl sites for hydroxylation is 1. The number of nitro groups is 1. The summed E-state index contributed by atoms with van der Waals surface area (Å²) in [6.07, 6.45) is 0.786. The Morgan fingerprint density at radius 1 is 1.38 bits per heavy atom. The molecule has 0 fully saturated rings. The number of nitrogens with zero attached hydrogens (tertiary/aromatic N) is 1. The first-order valence-corrected chi connectivity index (χ1v) is 4.14. The van der Waals surface area contributed by atoms with Gasteiger partial charge in [-0.1, -0.05) is 13.0 Å². The van der Waals surface area contributed by atoms with E-state index in [1.165, 1.54) is 6.07 Å². The molecule has 0 amide bonds. The Bertz CT molecular complexity index is 301. The zero-order chi connectivity index (χ0) is 9.84. The molecule has 70 valence electrons. The van der Waals surface area contributed by atoms with Gasteiger partial charge in [0.05, 0.1) is 4.92 Å². The van der Waals surface area contributed by atoms with E-state index in [0.717, 1.165) is 17.5 Å². The SMILES string of the molecule is CCc1cc(CN)cc([N+](=O)[O-])c1. The van der Waals surface area contributed by atoms with Crippen LogP contribution in [-0.2, 0) is 13.0 Å². The van der Waals surface area contributed by atoms with Crippen LogP contribution >= 0.6 is 0 Å². The molecular formula is C9H12N2O2.